The Morgan fingerprint density at radius 3 is 2.42 bits per heavy atom. The average Bonchev–Trinajstić information content (AvgIpc) is 2.56. The van der Waals surface area contributed by atoms with Gasteiger partial charge >= 0.3 is 5.97 Å². The van der Waals surface area contributed by atoms with E-state index in [0.29, 0.717) is 5.69 Å². The molecule has 7 nitrogen and oxygen atoms in total. The number of carbonyl (C=O) groups is 2. The largest absolute Gasteiger partial charge is 0.465 e. The number of aryl methyl sites for hydroxylation is 1. The van der Waals surface area contributed by atoms with Gasteiger partial charge in [-0.2, -0.15) is 0 Å². The Kier molecular flexibility index (Phi) is 5.89. The topological polar surface area (TPSA) is 102 Å². The Balaban J connectivity index is 2.33. The second-order valence-corrected chi connectivity index (χ2v) is 7.70. The number of ether oxygens (including phenoxy) is 1. The number of anilines is 2. The van der Waals surface area contributed by atoms with E-state index in [9.17, 15) is 18.0 Å². The van der Waals surface area contributed by atoms with E-state index < -0.39 is 21.9 Å². The minimum absolute atomic E-state index is 0.0863. The zero-order valence-corrected chi connectivity index (χ0v) is 15.9. The van der Waals surface area contributed by atoms with E-state index in [4.69, 9.17) is 11.6 Å². The fourth-order valence-corrected chi connectivity index (χ4v) is 2.93. The summed E-state index contributed by atoms with van der Waals surface area (Å²) in [6.45, 7) is 1.76. The lowest BCUT2D eigenvalue weighted by Gasteiger charge is -2.12. The van der Waals surface area contributed by atoms with Crippen LogP contribution in [0.1, 0.15) is 26.3 Å². The van der Waals surface area contributed by atoms with Gasteiger partial charge in [0.05, 0.1) is 29.5 Å². The van der Waals surface area contributed by atoms with E-state index in [0.717, 1.165) is 11.8 Å². The van der Waals surface area contributed by atoms with Crippen molar-refractivity contribution in [3.63, 3.8) is 0 Å². The predicted molar refractivity (Wildman–Crippen MR) is 100 cm³/mol. The first kappa shape index (κ1) is 19.7. The summed E-state index contributed by atoms with van der Waals surface area (Å²) in [5.74, 6) is -1.07. The molecule has 2 aromatic rings. The Morgan fingerprint density at radius 2 is 1.81 bits per heavy atom. The van der Waals surface area contributed by atoms with Crippen molar-refractivity contribution < 1.29 is 22.7 Å². The summed E-state index contributed by atoms with van der Waals surface area (Å²) in [4.78, 5) is 24.2. The van der Waals surface area contributed by atoms with Crippen LogP contribution in [0.5, 0.6) is 0 Å². The maximum absolute atomic E-state index is 12.6. The van der Waals surface area contributed by atoms with E-state index in [2.05, 4.69) is 14.8 Å². The summed E-state index contributed by atoms with van der Waals surface area (Å²) in [5, 5.41) is 2.82. The third kappa shape index (κ3) is 4.96. The van der Waals surface area contributed by atoms with Crippen LogP contribution in [0.25, 0.3) is 0 Å². The summed E-state index contributed by atoms with van der Waals surface area (Å²) in [6, 6.07) is 8.94. The van der Waals surface area contributed by atoms with Crippen molar-refractivity contribution in [3.8, 4) is 0 Å². The highest BCUT2D eigenvalue weighted by Crippen LogP contribution is 2.24. The summed E-state index contributed by atoms with van der Waals surface area (Å²) in [6.07, 6.45) is 1.00. The molecule has 2 N–H and O–H groups in total. The molecule has 0 aliphatic carbocycles. The molecule has 0 bridgehead atoms. The normalized spacial score (nSPS) is 10.9. The highest BCUT2D eigenvalue weighted by Gasteiger charge is 2.15. The molecule has 0 saturated heterocycles. The molecule has 0 aromatic heterocycles. The molecule has 0 unspecified atom stereocenters. The van der Waals surface area contributed by atoms with Crippen molar-refractivity contribution in [1.29, 1.82) is 0 Å². The molecule has 0 atom stereocenters. The molecular weight excluding hydrogens is 380 g/mol. The van der Waals surface area contributed by atoms with Gasteiger partial charge in [-0.05, 0) is 42.8 Å². The highest BCUT2D eigenvalue weighted by molar-refractivity contribution is 7.92. The lowest BCUT2D eigenvalue weighted by Crippen LogP contribution is -2.15. The third-order valence-electron chi connectivity index (χ3n) is 3.42. The first-order valence-electron chi connectivity index (χ1n) is 7.38. The first-order chi connectivity index (χ1) is 12.1. The van der Waals surface area contributed by atoms with E-state index in [1.807, 2.05) is 0 Å². The minimum Gasteiger partial charge on any atom is -0.465 e. The molecule has 2 aromatic carbocycles. The van der Waals surface area contributed by atoms with Gasteiger partial charge in [0.15, 0.2) is 0 Å². The molecule has 0 radical (unpaired) electrons. The van der Waals surface area contributed by atoms with Crippen LogP contribution in [0, 0.1) is 6.92 Å². The second kappa shape index (κ2) is 7.76. The number of esters is 1. The molecule has 0 saturated carbocycles. The lowest BCUT2D eigenvalue weighted by molar-refractivity contribution is 0.0600. The number of sulfonamides is 1. The van der Waals surface area contributed by atoms with Crippen molar-refractivity contribution in [3.05, 3.63) is 58.1 Å². The van der Waals surface area contributed by atoms with Crippen LogP contribution < -0.4 is 10.0 Å². The Labute approximate surface area is 156 Å². The zero-order chi connectivity index (χ0) is 19.5. The average molecular weight is 397 g/mol. The van der Waals surface area contributed by atoms with Crippen LogP contribution in [0.4, 0.5) is 11.4 Å². The van der Waals surface area contributed by atoms with Gasteiger partial charge in [0, 0.05) is 11.4 Å². The molecule has 0 fully saturated rings. The molecule has 0 heterocycles. The summed E-state index contributed by atoms with van der Waals surface area (Å²) in [7, 11) is -2.23. The predicted octanol–water partition coefficient (Wildman–Crippen LogP) is 3.06. The molecule has 26 heavy (non-hydrogen) atoms. The van der Waals surface area contributed by atoms with Gasteiger partial charge in [-0.1, -0.05) is 17.7 Å². The Bertz CT molecular complexity index is 973. The van der Waals surface area contributed by atoms with Crippen molar-refractivity contribution in [1.82, 2.24) is 0 Å². The summed E-state index contributed by atoms with van der Waals surface area (Å²) in [5.41, 5.74) is 1.72. The molecule has 1 amide bonds. The van der Waals surface area contributed by atoms with Crippen LogP contribution in [-0.2, 0) is 14.8 Å². The van der Waals surface area contributed by atoms with E-state index in [1.54, 1.807) is 19.1 Å². The quantitative estimate of drug-likeness (QED) is 0.756. The zero-order valence-electron chi connectivity index (χ0n) is 14.3. The molecular formula is C17H17ClN2O5S. The number of halogens is 1. The summed E-state index contributed by atoms with van der Waals surface area (Å²) >= 11 is 6.06. The SMILES string of the molecule is COC(=O)c1ccc(C)c(NC(=O)c2cc(NS(C)(=O)=O)ccc2Cl)c1. The fraction of sp³-hybridized carbons (Fsp3) is 0.176. The van der Waals surface area contributed by atoms with Crippen molar-refractivity contribution in [2.75, 3.05) is 23.4 Å². The lowest BCUT2D eigenvalue weighted by atomic mass is 10.1. The number of nitrogens with one attached hydrogen (secondary N) is 2. The van der Waals surface area contributed by atoms with Crippen LogP contribution in [0.15, 0.2) is 36.4 Å². The number of benzene rings is 2. The van der Waals surface area contributed by atoms with E-state index in [1.165, 1.54) is 31.4 Å². The first-order valence-corrected chi connectivity index (χ1v) is 9.65. The van der Waals surface area contributed by atoms with E-state index >= 15 is 0 Å². The van der Waals surface area contributed by atoms with Gasteiger partial charge in [0.1, 0.15) is 0 Å². The monoisotopic (exact) mass is 396 g/mol. The Hall–Kier alpha value is -2.58. The smallest absolute Gasteiger partial charge is 0.337 e. The molecule has 2 rings (SSSR count). The standard InChI is InChI=1S/C17H17ClN2O5S/c1-10-4-5-11(17(22)25-2)8-15(10)19-16(21)13-9-12(6-7-14(13)18)20-26(3,23)24/h4-9,20H,1-3H3,(H,19,21). The molecule has 9 heteroatoms. The maximum atomic E-state index is 12.6. The van der Waals surface area contributed by atoms with Crippen LogP contribution in [0.3, 0.4) is 0 Å². The highest BCUT2D eigenvalue weighted by atomic mass is 35.5. The molecule has 0 aliphatic rings. The fourth-order valence-electron chi connectivity index (χ4n) is 2.17. The van der Waals surface area contributed by atoms with Crippen LogP contribution in [-0.4, -0.2) is 33.7 Å². The molecule has 0 spiro atoms. The minimum atomic E-state index is -3.49. The van der Waals surface area contributed by atoms with Crippen molar-refractivity contribution in [2.45, 2.75) is 6.92 Å². The van der Waals surface area contributed by atoms with E-state index in [-0.39, 0.29) is 21.8 Å². The molecule has 0 aliphatic heterocycles. The number of hydrogen-bond acceptors (Lipinski definition) is 5. The van der Waals surface area contributed by atoms with Gasteiger partial charge in [0.2, 0.25) is 10.0 Å². The van der Waals surface area contributed by atoms with Gasteiger partial charge in [0.25, 0.3) is 5.91 Å². The van der Waals surface area contributed by atoms with Crippen molar-refractivity contribution in [2.24, 2.45) is 0 Å². The van der Waals surface area contributed by atoms with Crippen LogP contribution >= 0.6 is 11.6 Å². The maximum Gasteiger partial charge on any atom is 0.337 e. The summed E-state index contributed by atoms with van der Waals surface area (Å²) < 4.78 is 29.6. The van der Waals surface area contributed by atoms with Gasteiger partial charge in [-0.15, -0.1) is 0 Å². The van der Waals surface area contributed by atoms with Gasteiger partial charge in [-0.25, -0.2) is 13.2 Å². The van der Waals surface area contributed by atoms with Gasteiger partial charge in [-0.3, -0.25) is 9.52 Å². The van der Waals surface area contributed by atoms with Gasteiger partial charge < -0.3 is 10.1 Å². The number of hydrogen-bond donors (Lipinski definition) is 2. The number of amides is 1. The third-order valence-corrected chi connectivity index (χ3v) is 4.36. The number of methoxy groups -OCH3 is 1. The number of carbonyl (C=O) groups excluding carboxylic acids is 2. The number of rotatable bonds is 5. The second-order valence-electron chi connectivity index (χ2n) is 5.54. The van der Waals surface area contributed by atoms with Crippen molar-refractivity contribution >= 4 is 44.9 Å². The Morgan fingerprint density at radius 1 is 1.12 bits per heavy atom. The molecule has 138 valence electrons. The van der Waals surface area contributed by atoms with Crippen LogP contribution in [0.2, 0.25) is 5.02 Å².